The molecule has 5 nitrogen and oxygen atoms in total. The first-order valence-corrected chi connectivity index (χ1v) is 8.32. The second-order valence-corrected chi connectivity index (χ2v) is 7.94. The Labute approximate surface area is 115 Å². The number of ether oxygens (including phenoxy) is 1. The Balaban J connectivity index is 2.33. The predicted molar refractivity (Wildman–Crippen MR) is 72.3 cm³/mol. The van der Waals surface area contributed by atoms with Crippen molar-refractivity contribution in [3.63, 3.8) is 0 Å². The minimum absolute atomic E-state index is 0.125. The van der Waals surface area contributed by atoms with E-state index < -0.39 is 15.9 Å². The molecule has 1 aliphatic carbocycles. The molecule has 0 bridgehead atoms. The van der Waals surface area contributed by atoms with Crippen LogP contribution in [-0.4, -0.2) is 31.3 Å². The summed E-state index contributed by atoms with van der Waals surface area (Å²) in [5.74, 6) is -0.374. The third-order valence-corrected chi connectivity index (χ3v) is 4.55. The summed E-state index contributed by atoms with van der Waals surface area (Å²) in [7, 11) is -4.06. The van der Waals surface area contributed by atoms with E-state index in [0.717, 1.165) is 25.7 Å². The molecule has 0 spiro atoms. The van der Waals surface area contributed by atoms with Crippen LogP contribution >= 0.6 is 0 Å². The van der Waals surface area contributed by atoms with E-state index in [4.69, 9.17) is 9.29 Å². The zero-order valence-corrected chi connectivity index (χ0v) is 12.7. The monoisotopic (exact) mass is 292 g/mol. The van der Waals surface area contributed by atoms with Gasteiger partial charge in [0, 0.05) is 0 Å². The van der Waals surface area contributed by atoms with Crippen LogP contribution in [0.3, 0.4) is 0 Å². The SMILES string of the molecule is CC(C)(C)C1CCC(C(=O)OCCS(=O)(=O)O)CC1. The van der Waals surface area contributed by atoms with Crippen LogP contribution in [0, 0.1) is 17.3 Å². The number of carbonyl (C=O) groups excluding carboxylic acids is 1. The molecule has 0 unspecified atom stereocenters. The van der Waals surface area contributed by atoms with Gasteiger partial charge in [-0.2, -0.15) is 8.42 Å². The summed E-state index contributed by atoms with van der Waals surface area (Å²) in [5.41, 5.74) is 0.264. The van der Waals surface area contributed by atoms with Crippen LogP contribution in [0.5, 0.6) is 0 Å². The average Bonchev–Trinajstić information content (AvgIpc) is 2.26. The van der Waals surface area contributed by atoms with Gasteiger partial charge in [0.2, 0.25) is 0 Å². The minimum atomic E-state index is -4.06. The zero-order chi connectivity index (χ0) is 14.7. The fraction of sp³-hybridized carbons (Fsp3) is 0.923. The Morgan fingerprint density at radius 1 is 1.21 bits per heavy atom. The molecular formula is C13H24O5S. The van der Waals surface area contributed by atoms with Crippen LogP contribution in [0.2, 0.25) is 0 Å². The van der Waals surface area contributed by atoms with Crippen LogP contribution in [-0.2, 0) is 19.6 Å². The number of hydrogen-bond donors (Lipinski definition) is 1. The van der Waals surface area contributed by atoms with Crippen LogP contribution in [0.15, 0.2) is 0 Å². The Hall–Kier alpha value is -0.620. The number of esters is 1. The van der Waals surface area contributed by atoms with Crippen molar-refractivity contribution in [2.45, 2.75) is 46.5 Å². The lowest BCUT2D eigenvalue weighted by atomic mass is 9.70. The normalized spacial score (nSPS) is 25.1. The summed E-state index contributed by atoms with van der Waals surface area (Å²) in [6.07, 6.45) is 3.60. The van der Waals surface area contributed by atoms with E-state index in [-0.39, 0.29) is 23.9 Å². The number of carbonyl (C=O) groups is 1. The zero-order valence-electron chi connectivity index (χ0n) is 11.9. The highest BCUT2D eigenvalue weighted by atomic mass is 32.2. The highest BCUT2D eigenvalue weighted by Gasteiger charge is 2.33. The van der Waals surface area contributed by atoms with Gasteiger partial charge in [0.25, 0.3) is 10.1 Å². The second-order valence-electron chi connectivity index (χ2n) is 6.37. The van der Waals surface area contributed by atoms with Crippen LogP contribution in [0.4, 0.5) is 0 Å². The molecule has 1 N–H and O–H groups in total. The standard InChI is InChI=1S/C13H24O5S/c1-13(2,3)11-6-4-10(5-7-11)12(14)18-8-9-19(15,16)17/h10-11H,4-9H2,1-3H3,(H,15,16,17). The third kappa shape index (κ3) is 5.91. The molecule has 0 heterocycles. The van der Waals surface area contributed by atoms with E-state index in [2.05, 4.69) is 20.8 Å². The lowest BCUT2D eigenvalue weighted by Crippen LogP contribution is -2.30. The number of hydrogen-bond acceptors (Lipinski definition) is 4. The van der Waals surface area contributed by atoms with Gasteiger partial charge in [0.1, 0.15) is 12.4 Å². The highest BCUT2D eigenvalue weighted by molar-refractivity contribution is 7.85. The predicted octanol–water partition coefficient (Wildman–Crippen LogP) is 2.27. The molecule has 6 heteroatoms. The van der Waals surface area contributed by atoms with Crippen molar-refractivity contribution in [3.05, 3.63) is 0 Å². The molecule has 0 aromatic rings. The molecular weight excluding hydrogens is 268 g/mol. The van der Waals surface area contributed by atoms with Gasteiger partial charge in [-0.15, -0.1) is 0 Å². The Kier molecular flexibility index (Phi) is 5.38. The summed E-state index contributed by atoms with van der Waals surface area (Å²) < 4.78 is 34.5. The van der Waals surface area contributed by atoms with Crippen molar-refractivity contribution in [3.8, 4) is 0 Å². The van der Waals surface area contributed by atoms with Gasteiger partial charge in [-0.25, -0.2) is 0 Å². The van der Waals surface area contributed by atoms with Crippen LogP contribution in [0.25, 0.3) is 0 Å². The third-order valence-electron chi connectivity index (χ3n) is 3.87. The quantitative estimate of drug-likeness (QED) is 0.635. The van der Waals surface area contributed by atoms with E-state index in [1.807, 2.05) is 0 Å². The maximum Gasteiger partial charge on any atom is 0.308 e. The van der Waals surface area contributed by atoms with Crippen molar-refractivity contribution < 1.29 is 22.5 Å². The summed E-state index contributed by atoms with van der Waals surface area (Å²) in [6.45, 7) is 6.37. The van der Waals surface area contributed by atoms with E-state index in [1.165, 1.54) is 0 Å². The second kappa shape index (κ2) is 6.22. The van der Waals surface area contributed by atoms with Gasteiger partial charge in [0.15, 0.2) is 0 Å². The van der Waals surface area contributed by atoms with Gasteiger partial charge < -0.3 is 4.74 Å². The van der Waals surface area contributed by atoms with Gasteiger partial charge in [0.05, 0.1) is 5.92 Å². The van der Waals surface area contributed by atoms with Crippen LogP contribution in [0.1, 0.15) is 46.5 Å². The van der Waals surface area contributed by atoms with Gasteiger partial charge in [-0.1, -0.05) is 20.8 Å². The Morgan fingerprint density at radius 3 is 2.16 bits per heavy atom. The molecule has 0 aromatic heterocycles. The minimum Gasteiger partial charge on any atom is -0.464 e. The molecule has 1 saturated carbocycles. The summed E-state index contributed by atoms with van der Waals surface area (Å²) in [6, 6.07) is 0. The lowest BCUT2D eigenvalue weighted by molar-refractivity contribution is -0.149. The van der Waals surface area contributed by atoms with Crippen molar-refractivity contribution in [2.75, 3.05) is 12.4 Å². The van der Waals surface area contributed by atoms with E-state index >= 15 is 0 Å². The first kappa shape index (κ1) is 16.4. The molecule has 0 aliphatic heterocycles. The molecule has 1 fully saturated rings. The smallest absolute Gasteiger partial charge is 0.308 e. The number of rotatable bonds is 4. The molecule has 112 valence electrons. The molecule has 0 amide bonds. The van der Waals surface area contributed by atoms with Crippen molar-refractivity contribution in [2.24, 2.45) is 17.3 Å². The highest BCUT2D eigenvalue weighted by Crippen LogP contribution is 2.40. The maximum atomic E-state index is 11.7. The largest absolute Gasteiger partial charge is 0.464 e. The molecule has 0 radical (unpaired) electrons. The Morgan fingerprint density at radius 2 is 1.74 bits per heavy atom. The van der Waals surface area contributed by atoms with E-state index in [1.54, 1.807) is 0 Å². The first-order chi connectivity index (χ1) is 8.59. The van der Waals surface area contributed by atoms with Gasteiger partial charge in [-0.3, -0.25) is 9.35 Å². The summed E-state index contributed by atoms with van der Waals surface area (Å²) in [5, 5.41) is 0. The molecule has 0 saturated heterocycles. The fourth-order valence-electron chi connectivity index (χ4n) is 2.56. The Bertz CT molecular complexity index is 399. The molecule has 1 rings (SSSR count). The topological polar surface area (TPSA) is 80.7 Å². The van der Waals surface area contributed by atoms with Crippen molar-refractivity contribution in [1.82, 2.24) is 0 Å². The van der Waals surface area contributed by atoms with E-state index in [0.29, 0.717) is 5.92 Å². The van der Waals surface area contributed by atoms with Gasteiger partial charge >= 0.3 is 5.97 Å². The van der Waals surface area contributed by atoms with Crippen molar-refractivity contribution in [1.29, 1.82) is 0 Å². The summed E-state index contributed by atoms with van der Waals surface area (Å²) >= 11 is 0. The fourth-order valence-corrected chi connectivity index (χ4v) is 2.85. The molecule has 0 atom stereocenters. The van der Waals surface area contributed by atoms with Gasteiger partial charge in [-0.05, 0) is 37.0 Å². The van der Waals surface area contributed by atoms with E-state index in [9.17, 15) is 13.2 Å². The molecule has 0 aromatic carbocycles. The molecule has 19 heavy (non-hydrogen) atoms. The average molecular weight is 292 g/mol. The maximum absolute atomic E-state index is 11.7. The van der Waals surface area contributed by atoms with Crippen LogP contribution < -0.4 is 0 Å². The molecule has 1 aliphatic rings. The van der Waals surface area contributed by atoms with Crippen molar-refractivity contribution >= 4 is 16.1 Å². The lowest BCUT2D eigenvalue weighted by Gasteiger charge is -2.36. The summed E-state index contributed by atoms with van der Waals surface area (Å²) in [4.78, 5) is 11.7. The first-order valence-electron chi connectivity index (χ1n) is 6.71.